The molecule has 0 amide bonds. The zero-order chi connectivity index (χ0) is 32.3. The van der Waals surface area contributed by atoms with Crippen molar-refractivity contribution in [2.24, 2.45) is 0 Å². The number of unbranched alkanes of at least 4 members (excludes halogenated alkanes) is 2. The average Bonchev–Trinajstić information content (AvgIpc) is 2.80. The molecular weight excluding hydrogens is 532 g/mol. The zero-order valence-corrected chi connectivity index (χ0v) is 29.5. The zero-order valence-electron chi connectivity index (χ0n) is 29.5. The Balaban J connectivity index is 2.20. The van der Waals surface area contributed by atoms with Gasteiger partial charge in [-0.3, -0.25) is 0 Å². The Morgan fingerprint density at radius 2 is 1.21 bits per heavy atom. The normalized spacial score (nSPS) is 21.7. The quantitative estimate of drug-likeness (QED) is 0.153. The summed E-state index contributed by atoms with van der Waals surface area (Å²) >= 11 is 0. The van der Waals surface area contributed by atoms with Crippen LogP contribution in [0.1, 0.15) is 128 Å². The number of anilines is 3. The second-order valence-corrected chi connectivity index (χ2v) is 16.5. The monoisotopic (exact) mass is 597 g/mol. The molecule has 2 saturated heterocycles. The Hall–Kier alpha value is -2.19. The molecule has 0 unspecified atom stereocenters. The van der Waals surface area contributed by atoms with Gasteiger partial charge in [-0.1, -0.05) is 38.3 Å². The number of nitrogens with one attached hydrogen (secondary N) is 3. The van der Waals surface area contributed by atoms with Gasteiger partial charge in [-0.2, -0.15) is 15.0 Å². The van der Waals surface area contributed by atoms with Gasteiger partial charge < -0.3 is 25.8 Å². The Labute approximate surface area is 264 Å². The highest BCUT2D eigenvalue weighted by Gasteiger charge is 2.47. The molecule has 0 aliphatic carbocycles. The lowest BCUT2D eigenvalue weighted by Gasteiger charge is -2.55. The second-order valence-electron chi connectivity index (χ2n) is 16.5. The summed E-state index contributed by atoms with van der Waals surface area (Å²) in [7, 11) is 0. The highest BCUT2D eigenvalue weighted by molar-refractivity contribution is 5.49. The molecule has 0 radical (unpaired) electrons. The molecule has 8 nitrogen and oxygen atoms in total. The lowest BCUT2D eigenvalue weighted by atomic mass is 9.75. The second kappa shape index (κ2) is 13.4. The van der Waals surface area contributed by atoms with E-state index in [0.29, 0.717) is 25.0 Å². The van der Waals surface area contributed by atoms with Crippen LogP contribution in [0.15, 0.2) is 25.3 Å². The van der Waals surface area contributed by atoms with Crippen LogP contribution in [0.3, 0.4) is 0 Å². The van der Waals surface area contributed by atoms with Gasteiger partial charge in [-0.05, 0) is 101 Å². The molecule has 2 aliphatic rings. The van der Waals surface area contributed by atoms with Crippen molar-refractivity contribution >= 4 is 17.8 Å². The van der Waals surface area contributed by atoms with Crippen LogP contribution in [0.5, 0.6) is 0 Å². The molecule has 244 valence electrons. The van der Waals surface area contributed by atoms with E-state index in [1.54, 1.807) is 0 Å². The van der Waals surface area contributed by atoms with E-state index in [2.05, 4.69) is 115 Å². The first kappa shape index (κ1) is 35.3. The van der Waals surface area contributed by atoms with Crippen LogP contribution in [0.2, 0.25) is 0 Å². The van der Waals surface area contributed by atoms with Gasteiger partial charge in [0, 0.05) is 52.9 Å². The first-order valence-electron chi connectivity index (χ1n) is 16.7. The fourth-order valence-corrected chi connectivity index (χ4v) is 7.95. The van der Waals surface area contributed by atoms with Gasteiger partial charge in [0.15, 0.2) is 0 Å². The summed E-state index contributed by atoms with van der Waals surface area (Å²) in [6, 6.07) is 0.544. The van der Waals surface area contributed by atoms with E-state index in [9.17, 15) is 0 Å². The Morgan fingerprint density at radius 3 is 1.63 bits per heavy atom. The molecule has 0 aromatic carbocycles. The van der Waals surface area contributed by atoms with Crippen LogP contribution in [0.25, 0.3) is 0 Å². The SMILES string of the molecule is C=CCN(CC=C)c1nc(NC(C)(C)CCCCC)nc(N(C2CC(C)(C)NC(C)(C)C2)C2CC(C)(C)NC(C)(C)C2)n1. The fraction of sp³-hybridized carbons (Fsp3) is 0.800. The van der Waals surface area contributed by atoms with Crippen molar-refractivity contribution < 1.29 is 0 Å². The van der Waals surface area contributed by atoms with E-state index < -0.39 is 0 Å². The van der Waals surface area contributed by atoms with Gasteiger partial charge in [0.05, 0.1) is 0 Å². The summed E-state index contributed by atoms with van der Waals surface area (Å²) in [5, 5.41) is 11.5. The molecule has 0 saturated carbocycles. The third-order valence-corrected chi connectivity index (χ3v) is 8.80. The summed E-state index contributed by atoms with van der Waals surface area (Å²) in [6.07, 6.45) is 12.5. The highest BCUT2D eigenvalue weighted by Crippen LogP contribution is 2.40. The fourth-order valence-electron chi connectivity index (χ4n) is 7.95. The van der Waals surface area contributed by atoms with Crippen LogP contribution in [-0.4, -0.2) is 67.8 Å². The average molecular weight is 597 g/mol. The molecule has 0 bridgehead atoms. The largest absolute Gasteiger partial charge is 0.349 e. The number of hydrogen-bond donors (Lipinski definition) is 3. The van der Waals surface area contributed by atoms with Crippen LogP contribution >= 0.6 is 0 Å². The summed E-state index contributed by atoms with van der Waals surface area (Å²) in [5.74, 6) is 2.08. The number of nitrogens with zero attached hydrogens (tertiary/aromatic N) is 5. The van der Waals surface area contributed by atoms with E-state index in [4.69, 9.17) is 15.0 Å². The minimum atomic E-state index is -0.144. The van der Waals surface area contributed by atoms with Gasteiger partial charge >= 0.3 is 0 Å². The van der Waals surface area contributed by atoms with Crippen molar-refractivity contribution in [2.75, 3.05) is 28.2 Å². The predicted molar refractivity (Wildman–Crippen MR) is 185 cm³/mol. The molecule has 3 N–H and O–H groups in total. The van der Waals surface area contributed by atoms with Crippen molar-refractivity contribution in [1.29, 1.82) is 0 Å². The minimum absolute atomic E-state index is 0.0153. The molecular formula is C35H64N8. The number of piperidine rings is 2. The summed E-state index contributed by atoms with van der Waals surface area (Å²) in [6.45, 7) is 34.7. The highest BCUT2D eigenvalue weighted by atomic mass is 15.4. The first-order valence-corrected chi connectivity index (χ1v) is 16.7. The molecule has 0 atom stereocenters. The Morgan fingerprint density at radius 1 is 0.767 bits per heavy atom. The molecule has 1 aromatic heterocycles. The molecule has 0 spiro atoms. The number of aromatic nitrogens is 3. The summed E-state index contributed by atoms with van der Waals surface area (Å²) in [4.78, 5) is 20.3. The lowest BCUT2D eigenvalue weighted by molar-refractivity contribution is 0.123. The third-order valence-electron chi connectivity index (χ3n) is 8.80. The number of hydrogen-bond acceptors (Lipinski definition) is 8. The van der Waals surface area contributed by atoms with Gasteiger partial charge in [0.1, 0.15) is 0 Å². The van der Waals surface area contributed by atoms with E-state index >= 15 is 0 Å². The maximum Gasteiger partial charge on any atom is 0.232 e. The van der Waals surface area contributed by atoms with E-state index in [0.717, 1.165) is 38.1 Å². The number of rotatable bonds is 14. The van der Waals surface area contributed by atoms with Crippen LogP contribution in [-0.2, 0) is 0 Å². The minimum Gasteiger partial charge on any atom is -0.349 e. The summed E-state index contributed by atoms with van der Waals surface area (Å²) < 4.78 is 0. The van der Waals surface area contributed by atoms with Crippen LogP contribution < -0.4 is 25.8 Å². The van der Waals surface area contributed by atoms with Crippen molar-refractivity contribution in [3.05, 3.63) is 25.3 Å². The van der Waals surface area contributed by atoms with E-state index in [1.807, 2.05) is 12.2 Å². The smallest absolute Gasteiger partial charge is 0.232 e. The lowest BCUT2D eigenvalue weighted by Crippen LogP contribution is -2.67. The molecule has 8 heteroatoms. The maximum absolute atomic E-state index is 5.27. The summed E-state index contributed by atoms with van der Waals surface area (Å²) in [5.41, 5.74) is -0.205. The molecule has 3 rings (SSSR count). The Kier molecular flexibility index (Phi) is 11.0. The van der Waals surface area contributed by atoms with Crippen LogP contribution in [0, 0.1) is 0 Å². The molecule has 2 aliphatic heterocycles. The van der Waals surface area contributed by atoms with Crippen LogP contribution in [0.4, 0.5) is 17.8 Å². The van der Waals surface area contributed by atoms with E-state index in [-0.39, 0.29) is 39.8 Å². The molecule has 1 aromatic rings. The van der Waals surface area contributed by atoms with Gasteiger partial charge in [0.2, 0.25) is 17.8 Å². The third kappa shape index (κ3) is 10.2. The molecule has 2 fully saturated rings. The predicted octanol–water partition coefficient (Wildman–Crippen LogP) is 7.25. The molecule has 3 heterocycles. The topological polar surface area (TPSA) is 81.2 Å². The molecule has 43 heavy (non-hydrogen) atoms. The van der Waals surface area contributed by atoms with Crippen molar-refractivity contribution in [1.82, 2.24) is 25.6 Å². The maximum atomic E-state index is 5.27. The van der Waals surface area contributed by atoms with Gasteiger partial charge in [-0.15, -0.1) is 13.2 Å². The van der Waals surface area contributed by atoms with Crippen molar-refractivity contribution in [3.63, 3.8) is 0 Å². The van der Waals surface area contributed by atoms with Crippen molar-refractivity contribution in [2.45, 2.75) is 167 Å². The first-order chi connectivity index (χ1) is 19.8. The Bertz CT molecular complexity index is 1010. The van der Waals surface area contributed by atoms with Gasteiger partial charge in [0.25, 0.3) is 0 Å². The van der Waals surface area contributed by atoms with E-state index in [1.165, 1.54) is 19.3 Å². The van der Waals surface area contributed by atoms with Gasteiger partial charge in [-0.25, -0.2) is 0 Å². The standard InChI is InChI=1S/C35H64N8/c1-14-17-18-19-31(4,5)39-28-36-29(42(20-15-2)21-16-3)38-30(37-28)43(26-22-32(6,7)40-33(8,9)23-26)27-24-34(10,11)41-35(12,13)25-27/h15-16,26-27,40-41H,2-3,14,17-25H2,1,4-13H3,(H,36,37,38,39). The van der Waals surface area contributed by atoms with Crippen molar-refractivity contribution in [3.8, 4) is 0 Å².